The Balaban J connectivity index is 2.02. The summed E-state index contributed by atoms with van der Waals surface area (Å²) in [7, 11) is 1.60. The number of aromatic nitrogens is 2. The molecule has 0 saturated heterocycles. The number of methoxy groups -OCH3 is 1. The number of anilines is 2. The molecular formula is C14H16N4O3. The fraction of sp³-hybridized carbons (Fsp3) is 0.214. The Labute approximate surface area is 121 Å². The highest BCUT2D eigenvalue weighted by Crippen LogP contribution is 2.18. The monoisotopic (exact) mass is 288 g/mol. The Kier molecular flexibility index (Phi) is 4.68. The van der Waals surface area contributed by atoms with E-state index in [2.05, 4.69) is 15.3 Å². The van der Waals surface area contributed by atoms with Gasteiger partial charge in [0.2, 0.25) is 5.95 Å². The third-order valence-corrected chi connectivity index (χ3v) is 2.84. The smallest absolute Gasteiger partial charge is 0.305 e. The zero-order valence-electron chi connectivity index (χ0n) is 11.5. The molecule has 110 valence electrons. The molecule has 0 saturated carbocycles. The van der Waals surface area contributed by atoms with Gasteiger partial charge in [0.15, 0.2) is 0 Å². The van der Waals surface area contributed by atoms with E-state index in [0.29, 0.717) is 11.5 Å². The maximum atomic E-state index is 10.6. The van der Waals surface area contributed by atoms with Gasteiger partial charge in [-0.15, -0.1) is 0 Å². The minimum atomic E-state index is -0.956. The quantitative estimate of drug-likeness (QED) is 0.742. The highest BCUT2D eigenvalue weighted by Gasteiger charge is 2.11. The summed E-state index contributed by atoms with van der Waals surface area (Å²) in [6, 6.07) is 6.70. The molecule has 1 heterocycles. The first-order valence-electron chi connectivity index (χ1n) is 6.29. The number of ether oxygens (including phenoxy) is 1. The number of carboxylic acids is 1. The second-order valence-corrected chi connectivity index (χ2v) is 4.40. The largest absolute Gasteiger partial charge is 0.497 e. The molecule has 0 radical (unpaired) electrons. The summed E-state index contributed by atoms with van der Waals surface area (Å²) in [5, 5.41) is 11.7. The van der Waals surface area contributed by atoms with Gasteiger partial charge in [-0.05, 0) is 24.3 Å². The van der Waals surface area contributed by atoms with Crippen molar-refractivity contribution < 1.29 is 14.6 Å². The van der Waals surface area contributed by atoms with Crippen molar-refractivity contribution in [1.82, 2.24) is 9.97 Å². The molecule has 2 aromatic rings. The number of rotatable bonds is 6. The van der Waals surface area contributed by atoms with E-state index in [1.807, 2.05) is 24.3 Å². The van der Waals surface area contributed by atoms with Crippen molar-refractivity contribution in [1.29, 1.82) is 0 Å². The standard InChI is InChI=1S/C14H16N4O3/c1-21-11-4-2-10(3-5-11)18-14-16-7-9(8-17-14)12(15)6-13(19)20/h2-5,7-8,12H,6,15H2,1H3,(H,19,20)(H,16,17,18). The molecule has 1 aromatic heterocycles. The number of carboxylic acid groups (broad SMARTS) is 1. The average molecular weight is 288 g/mol. The lowest BCUT2D eigenvalue weighted by molar-refractivity contribution is -0.137. The van der Waals surface area contributed by atoms with Crippen molar-refractivity contribution in [2.24, 2.45) is 5.73 Å². The number of hydrogen-bond donors (Lipinski definition) is 3. The van der Waals surface area contributed by atoms with Crippen LogP contribution in [-0.4, -0.2) is 28.2 Å². The van der Waals surface area contributed by atoms with Gasteiger partial charge in [0.1, 0.15) is 5.75 Å². The highest BCUT2D eigenvalue weighted by molar-refractivity contribution is 5.67. The number of nitrogens with zero attached hydrogens (tertiary/aromatic N) is 2. The third-order valence-electron chi connectivity index (χ3n) is 2.84. The van der Waals surface area contributed by atoms with Gasteiger partial charge in [-0.25, -0.2) is 9.97 Å². The molecule has 0 aliphatic rings. The van der Waals surface area contributed by atoms with Gasteiger partial charge in [0.25, 0.3) is 0 Å². The van der Waals surface area contributed by atoms with E-state index in [-0.39, 0.29) is 6.42 Å². The third kappa shape index (κ3) is 4.15. The summed E-state index contributed by atoms with van der Waals surface area (Å²) in [6.45, 7) is 0. The van der Waals surface area contributed by atoms with E-state index in [9.17, 15) is 4.79 Å². The topological polar surface area (TPSA) is 110 Å². The predicted molar refractivity (Wildman–Crippen MR) is 77.5 cm³/mol. The molecule has 2 rings (SSSR count). The van der Waals surface area contributed by atoms with E-state index in [1.165, 1.54) is 12.4 Å². The van der Waals surface area contributed by atoms with Crippen LogP contribution in [0.25, 0.3) is 0 Å². The van der Waals surface area contributed by atoms with E-state index in [1.54, 1.807) is 7.11 Å². The first kappa shape index (κ1) is 14.7. The van der Waals surface area contributed by atoms with Crippen molar-refractivity contribution in [2.75, 3.05) is 12.4 Å². The second-order valence-electron chi connectivity index (χ2n) is 4.40. The maximum absolute atomic E-state index is 10.6. The van der Waals surface area contributed by atoms with Gasteiger partial charge in [-0.3, -0.25) is 4.79 Å². The normalized spacial score (nSPS) is 11.7. The van der Waals surface area contributed by atoms with Crippen LogP contribution in [0.5, 0.6) is 5.75 Å². The van der Waals surface area contributed by atoms with Gasteiger partial charge >= 0.3 is 5.97 Å². The fourth-order valence-electron chi connectivity index (χ4n) is 1.70. The summed E-state index contributed by atoms with van der Waals surface area (Å²) in [5.41, 5.74) is 7.13. The van der Waals surface area contributed by atoms with Gasteiger partial charge in [-0.1, -0.05) is 0 Å². The van der Waals surface area contributed by atoms with Crippen molar-refractivity contribution >= 4 is 17.6 Å². The highest BCUT2D eigenvalue weighted by atomic mass is 16.5. The van der Waals surface area contributed by atoms with Crippen LogP contribution < -0.4 is 15.8 Å². The van der Waals surface area contributed by atoms with Crippen LogP contribution in [0.2, 0.25) is 0 Å². The number of hydrogen-bond acceptors (Lipinski definition) is 6. The zero-order chi connectivity index (χ0) is 15.2. The molecule has 1 unspecified atom stereocenters. The maximum Gasteiger partial charge on any atom is 0.305 e. The number of carbonyl (C=O) groups is 1. The molecule has 0 aliphatic carbocycles. The van der Waals surface area contributed by atoms with Crippen LogP contribution in [0.4, 0.5) is 11.6 Å². The molecule has 0 fully saturated rings. The lowest BCUT2D eigenvalue weighted by atomic mass is 10.1. The molecule has 4 N–H and O–H groups in total. The molecule has 7 nitrogen and oxygen atoms in total. The van der Waals surface area contributed by atoms with E-state index in [0.717, 1.165) is 11.4 Å². The summed E-state index contributed by atoms with van der Waals surface area (Å²) in [5.74, 6) is 0.214. The molecule has 0 aliphatic heterocycles. The number of nitrogens with two attached hydrogens (primary N) is 1. The lowest BCUT2D eigenvalue weighted by Gasteiger charge is -2.10. The predicted octanol–water partition coefficient (Wildman–Crippen LogP) is 1.70. The van der Waals surface area contributed by atoms with Crippen molar-refractivity contribution in [3.8, 4) is 5.75 Å². The Hall–Kier alpha value is -2.67. The molecule has 21 heavy (non-hydrogen) atoms. The molecule has 0 bridgehead atoms. The molecule has 7 heteroatoms. The minimum absolute atomic E-state index is 0.158. The van der Waals surface area contributed by atoms with Crippen LogP contribution in [-0.2, 0) is 4.79 Å². The van der Waals surface area contributed by atoms with Gasteiger partial charge < -0.3 is 20.9 Å². The summed E-state index contributed by atoms with van der Waals surface area (Å²) in [4.78, 5) is 18.8. The minimum Gasteiger partial charge on any atom is -0.497 e. The molecule has 1 aromatic carbocycles. The Morgan fingerprint density at radius 3 is 2.48 bits per heavy atom. The summed E-state index contributed by atoms with van der Waals surface area (Å²) in [6.07, 6.45) is 2.88. The molecule has 0 spiro atoms. The SMILES string of the molecule is COc1ccc(Nc2ncc(C(N)CC(=O)O)cn2)cc1. The van der Waals surface area contributed by atoms with Gasteiger partial charge in [-0.2, -0.15) is 0 Å². The molecule has 1 atom stereocenters. The van der Waals surface area contributed by atoms with Crippen LogP contribution >= 0.6 is 0 Å². The Morgan fingerprint density at radius 2 is 1.95 bits per heavy atom. The lowest BCUT2D eigenvalue weighted by Crippen LogP contribution is -2.15. The number of nitrogens with one attached hydrogen (secondary N) is 1. The zero-order valence-corrected chi connectivity index (χ0v) is 11.5. The molecule has 0 amide bonds. The summed E-state index contributed by atoms with van der Waals surface area (Å²) < 4.78 is 5.07. The Bertz CT molecular complexity index is 599. The van der Waals surface area contributed by atoms with Crippen LogP contribution in [0, 0.1) is 0 Å². The number of aliphatic carboxylic acids is 1. The van der Waals surface area contributed by atoms with Crippen molar-refractivity contribution in [2.45, 2.75) is 12.5 Å². The number of benzene rings is 1. The van der Waals surface area contributed by atoms with E-state index in [4.69, 9.17) is 15.6 Å². The van der Waals surface area contributed by atoms with Gasteiger partial charge in [0, 0.05) is 29.7 Å². The average Bonchev–Trinajstić information content (AvgIpc) is 2.48. The first-order valence-corrected chi connectivity index (χ1v) is 6.29. The van der Waals surface area contributed by atoms with Crippen molar-refractivity contribution in [3.05, 3.63) is 42.2 Å². The van der Waals surface area contributed by atoms with Crippen LogP contribution in [0.3, 0.4) is 0 Å². The van der Waals surface area contributed by atoms with Crippen LogP contribution in [0.1, 0.15) is 18.0 Å². The fourth-order valence-corrected chi connectivity index (χ4v) is 1.70. The van der Waals surface area contributed by atoms with E-state index >= 15 is 0 Å². The Morgan fingerprint density at radius 1 is 1.33 bits per heavy atom. The van der Waals surface area contributed by atoms with E-state index < -0.39 is 12.0 Å². The summed E-state index contributed by atoms with van der Waals surface area (Å²) >= 11 is 0. The van der Waals surface area contributed by atoms with Crippen molar-refractivity contribution in [3.63, 3.8) is 0 Å². The second kappa shape index (κ2) is 6.67. The van der Waals surface area contributed by atoms with Crippen LogP contribution in [0.15, 0.2) is 36.7 Å². The molecular weight excluding hydrogens is 272 g/mol. The first-order chi connectivity index (χ1) is 10.1. The van der Waals surface area contributed by atoms with Gasteiger partial charge in [0.05, 0.1) is 13.5 Å².